The summed E-state index contributed by atoms with van der Waals surface area (Å²) >= 11 is 19.2. The lowest BCUT2D eigenvalue weighted by molar-refractivity contribution is 0.304. The molecule has 0 aromatic heterocycles. The molecule has 0 heterocycles. The molecule has 26 heavy (non-hydrogen) atoms. The van der Waals surface area contributed by atoms with Crippen LogP contribution in [0.4, 0.5) is 5.69 Å². The van der Waals surface area contributed by atoms with Crippen molar-refractivity contribution in [2.75, 3.05) is 5.32 Å². The van der Waals surface area contributed by atoms with Gasteiger partial charge < -0.3 is 10.1 Å². The number of ether oxygens (including phenoxy) is 1. The molecule has 0 aliphatic heterocycles. The van der Waals surface area contributed by atoms with Crippen LogP contribution in [-0.2, 0) is 13.2 Å². The molecule has 3 aromatic rings. The second-order valence-electron chi connectivity index (χ2n) is 5.63. The topological polar surface area (TPSA) is 21.3 Å². The van der Waals surface area contributed by atoms with E-state index < -0.39 is 0 Å². The third-order valence-electron chi connectivity index (χ3n) is 3.75. The maximum Gasteiger partial charge on any atom is 0.134 e. The zero-order chi connectivity index (χ0) is 18.5. The minimum Gasteiger partial charge on any atom is -0.488 e. The van der Waals surface area contributed by atoms with Crippen LogP contribution in [0.1, 0.15) is 11.1 Å². The summed E-state index contributed by atoms with van der Waals surface area (Å²) in [6, 6.07) is 19.5. The minimum absolute atomic E-state index is 0.424. The molecule has 0 radical (unpaired) electrons. The van der Waals surface area contributed by atoms with Crippen molar-refractivity contribution < 1.29 is 4.74 Å². The summed E-state index contributed by atoms with van der Waals surface area (Å²) < 4.78 is 7.66. The second kappa shape index (κ2) is 9.14. The lowest BCUT2D eigenvalue weighted by atomic mass is 10.2. The lowest BCUT2D eigenvalue weighted by Gasteiger charge is -2.12. The molecule has 0 saturated carbocycles. The number of hydrogen-bond acceptors (Lipinski definition) is 2. The van der Waals surface area contributed by atoms with Crippen LogP contribution in [0, 0.1) is 0 Å². The first-order chi connectivity index (χ1) is 12.5. The van der Waals surface area contributed by atoms with Crippen molar-refractivity contribution in [1.29, 1.82) is 0 Å². The van der Waals surface area contributed by atoms with E-state index in [0.717, 1.165) is 31.5 Å². The van der Waals surface area contributed by atoms with E-state index in [9.17, 15) is 0 Å². The van der Waals surface area contributed by atoms with Gasteiger partial charge in [-0.25, -0.2) is 0 Å². The van der Waals surface area contributed by atoms with Gasteiger partial charge in [0.25, 0.3) is 0 Å². The van der Waals surface area contributed by atoms with Gasteiger partial charge in [-0.3, -0.25) is 0 Å². The smallest absolute Gasteiger partial charge is 0.134 e. The maximum atomic E-state index is 6.16. The SMILES string of the molecule is Clc1cc(NCc2ccc(OCc3ccccc3Cl)c(Br)c2)ccc1Br. The predicted molar refractivity (Wildman–Crippen MR) is 116 cm³/mol. The number of hydrogen-bond donors (Lipinski definition) is 1. The summed E-state index contributed by atoms with van der Waals surface area (Å²) in [6.45, 7) is 1.11. The van der Waals surface area contributed by atoms with Gasteiger partial charge >= 0.3 is 0 Å². The zero-order valence-electron chi connectivity index (χ0n) is 13.6. The highest BCUT2D eigenvalue weighted by Crippen LogP contribution is 2.29. The third kappa shape index (κ3) is 5.17. The number of halogens is 4. The van der Waals surface area contributed by atoms with Crippen molar-refractivity contribution in [3.63, 3.8) is 0 Å². The first-order valence-electron chi connectivity index (χ1n) is 7.86. The molecular formula is C20H15Br2Cl2NO. The summed E-state index contributed by atoms with van der Waals surface area (Å²) in [5.41, 5.74) is 3.05. The summed E-state index contributed by atoms with van der Waals surface area (Å²) in [6.07, 6.45) is 0. The molecule has 3 aromatic carbocycles. The predicted octanol–water partition coefficient (Wildman–Crippen LogP) is 7.71. The Balaban J connectivity index is 1.61. The van der Waals surface area contributed by atoms with Crippen LogP contribution in [0.5, 0.6) is 5.75 Å². The van der Waals surface area contributed by atoms with Crippen molar-refractivity contribution in [3.8, 4) is 5.75 Å². The largest absolute Gasteiger partial charge is 0.488 e. The molecule has 3 rings (SSSR count). The average molecular weight is 516 g/mol. The first-order valence-corrected chi connectivity index (χ1v) is 10.2. The fourth-order valence-electron chi connectivity index (χ4n) is 2.35. The Morgan fingerprint density at radius 2 is 1.65 bits per heavy atom. The molecule has 0 aliphatic carbocycles. The van der Waals surface area contributed by atoms with E-state index in [4.69, 9.17) is 27.9 Å². The molecule has 0 aliphatic rings. The summed E-state index contributed by atoms with van der Waals surface area (Å²) in [5, 5.41) is 4.74. The van der Waals surface area contributed by atoms with E-state index in [1.165, 1.54) is 0 Å². The van der Waals surface area contributed by atoms with E-state index >= 15 is 0 Å². The van der Waals surface area contributed by atoms with Gasteiger partial charge in [-0.15, -0.1) is 0 Å². The number of anilines is 1. The van der Waals surface area contributed by atoms with Crippen molar-refractivity contribution in [2.24, 2.45) is 0 Å². The summed E-state index contributed by atoms with van der Waals surface area (Å²) in [4.78, 5) is 0. The average Bonchev–Trinajstić information content (AvgIpc) is 2.63. The Kier molecular flexibility index (Phi) is 6.87. The minimum atomic E-state index is 0.424. The second-order valence-corrected chi connectivity index (χ2v) is 8.15. The van der Waals surface area contributed by atoms with Gasteiger partial charge in [-0.05, 0) is 73.8 Å². The van der Waals surface area contributed by atoms with Crippen LogP contribution < -0.4 is 10.1 Å². The van der Waals surface area contributed by atoms with E-state index in [2.05, 4.69) is 37.2 Å². The van der Waals surface area contributed by atoms with E-state index in [1.807, 2.05) is 60.7 Å². The van der Waals surface area contributed by atoms with Crippen molar-refractivity contribution in [2.45, 2.75) is 13.2 Å². The molecule has 0 amide bonds. The van der Waals surface area contributed by atoms with Crippen molar-refractivity contribution in [3.05, 3.63) is 90.8 Å². The van der Waals surface area contributed by atoms with Crippen molar-refractivity contribution in [1.82, 2.24) is 0 Å². The Morgan fingerprint density at radius 1 is 0.846 bits per heavy atom. The normalized spacial score (nSPS) is 10.6. The van der Waals surface area contributed by atoms with Gasteiger partial charge in [-0.2, -0.15) is 0 Å². The maximum absolute atomic E-state index is 6.16. The van der Waals surface area contributed by atoms with Crippen LogP contribution in [0.3, 0.4) is 0 Å². The van der Waals surface area contributed by atoms with E-state index in [-0.39, 0.29) is 0 Å². The number of rotatable bonds is 6. The van der Waals surface area contributed by atoms with E-state index in [0.29, 0.717) is 23.2 Å². The molecule has 0 bridgehead atoms. The van der Waals surface area contributed by atoms with Gasteiger partial charge in [-0.1, -0.05) is 47.5 Å². The Morgan fingerprint density at radius 3 is 2.38 bits per heavy atom. The Bertz CT molecular complexity index is 918. The summed E-state index contributed by atoms with van der Waals surface area (Å²) in [5.74, 6) is 0.778. The monoisotopic (exact) mass is 513 g/mol. The Labute approximate surface area is 179 Å². The van der Waals surface area contributed by atoms with Crippen LogP contribution in [-0.4, -0.2) is 0 Å². The summed E-state index contributed by atoms with van der Waals surface area (Å²) in [7, 11) is 0. The number of nitrogens with one attached hydrogen (secondary N) is 1. The molecule has 134 valence electrons. The number of benzene rings is 3. The first kappa shape index (κ1) is 19.6. The molecule has 0 atom stereocenters. The highest BCUT2D eigenvalue weighted by atomic mass is 79.9. The molecule has 0 fully saturated rings. The standard InChI is InChI=1S/C20H15Br2Cl2NO/c21-16-7-6-15(10-19(16)24)25-11-13-5-8-20(17(22)9-13)26-12-14-3-1-2-4-18(14)23/h1-10,25H,11-12H2. The highest BCUT2D eigenvalue weighted by molar-refractivity contribution is 9.10. The lowest BCUT2D eigenvalue weighted by Crippen LogP contribution is -2.01. The van der Waals surface area contributed by atoms with Gasteiger partial charge in [0.1, 0.15) is 12.4 Å². The van der Waals surface area contributed by atoms with Gasteiger partial charge in [0.2, 0.25) is 0 Å². The van der Waals surface area contributed by atoms with Crippen LogP contribution in [0.15, 0.2) is 69.6 Å². The zero-order valence-corrected chi connectivity index (χ0v) is 18.3. The molecule has 0 spiro atoms. The Hall–Kier alpha value is -1.20. The molecule has 0 unspecified atom stereocenters. The van der Waals surface area contributed by atoms with Crippen LogP contribution in [0.25, 0.3) is 0 Å². The van der Waals surface area contributed by atoms with Crippen molar-refractivity contribution >= 4 is 60.7 Å². The molecule has 6 heteroatoms. The van der Waals surface area contributed by atoms with E-state index in [1.54, 1.807) is 0 Å². The molecule has 1 N–H and O–H groups in total. The van der Waals surface area contributed by atoms with Gasteiger partial charge in [0, 0.05) is 27.3 Å². The molecule has 2 nitrogen and oxygen atoms in total. The third-order valence-corrected chi connectivity index (χ3v) is 5.97. The molecular weight excluding hydrogens is 501 g/mol. The van der Waals surface area contributed by atoms with Gasteiger partial charge in [0.05, 0.1) is 9.50 Å². The molecule has 0 saturated heterocycles. The van der Waals surface area contributed by atoms with Crippen LogP contribution >= 0.6 is 55.1 Å². The highest BCUT2D eigenvalue weighted by Gasteiger charge is 2.06. The van der Waals surface area contributed by atoms with Gasteiger partial charge in [0.15, 0.2) is 0 Å². The fraction of sp³-hybridized carbons (Fsp3) is 0.100. The quantitative estimate of drug-likeness (QED) is 0.363. The van der Waals surface area contributed by atoms with Crippen LogP contribution in [0.2, 0.25) is 10.0 Å². The fourth-order valence-corrected chi connectivity index (χ4v) is 3.51.